The minimum atomic E-state index is -0.459. The Labute approximate surface area is 93.9 Å². The molecule has 0 fully saturated rings. The first-order valence-electron chi connectivity index (χ1n) is 5.31. The molecule has 0 radical (unpaired) electrons. The Hall–Kier alpha value is -1.00. The molecular weight excluding hydrogens is 184 g/mol. The maximum atomic E-state index is 10.2. The minimum absolute atomic E-state index is 0.0810. The maximum absolute atomic E-state index is 10.2. The van der Waals surface area contributed by atoms with Crippen molar-refractivity contribution in [2.75, 3.05) is 0 Å². The van der Waals surface area contributed by atoms with E-state index in [1.54, 1.807) is 12.2 Å². The molecule has 0 rings (SSSR count). The van der Waals surface area contributed by atoms with E-state index in [4.69, 9.17) is 6.42 Å². The molecule has 15 heavy (non-hydrogen) atoms. The molecule has 0 aliphatic heterocycles. The van der Waals surface area contributed by atoms with Crippen LogP contribution in [0.3, 0.4) is 0 Å². The van der Waals surface area contributed by atoms with Crippen LogP contribution < -0.4 is 0 Å². The van der Waals surface area contributed by atoms with Crippen molar-refractivity contribution in [3.63, 3.8) is 0 Å². The van der Waals surface area contributed by atoms with Gasteiger partial charge in [0.05, 0.1) is 6.10 Å². The zero-order valence-corrected chi connectivity index (χ0v) is 10.4. The highest BCUT2D eigenvalue weighted by Crippen LogP contribution is 2.31. The molecule has 1 N–H and O–H groups in total. The van der Waals surface area contributed by atoms with Crippen LogP contribution in [-0.4, -0.2) is 11.2 Å². The summed E-state index contributed by atoms with van der Waals surface area (Å²) >= 11 is 0. The molecule has 0 aromatic carbocycles. The second kappa shape index (κ2) is 5.78. The van der Waals surface area contributed by atoms with Gasteiger partial charge in [0, 0.05) is 0 Å². The van der Waals surface area contributed by atoms with E-state index in [0.29, 0.717) is 0 Å². The van der Waals surface area contributed by atoms with Gasteiger partial charge < -0.3 is 5.11 Å². The SMILES string of the molecule is C#C/C=C\C(=C/C)C(O)C(C)C(C)(C)C. The van der Waals surface area contributed by atoms with E-state index in [-0.39, 0.29) is 11.3 Å². The van der Waals surface area contributed by atoms with Gasteiger partial charge in [0.2, 0.25) is 0 Å². The van der Waals surface area contributed by atoms with Crippen LogP contribution >= 0.6 is 0 Å². The van der Waals surface area contributed by atoms with Crippen LogP contribution in [0.2, 0.25) is 0 Å². The Morgan fingerprint density at radius 3 is 2.27 bits per heavy atom. The van der Waals surface area contributed by atoms with Gasteiger partial charge in [-0.2, -0.15) is 0 Å². The van der Waals surface area contributed by atoms with Crippen molar-refractivity contribution in [3.05, 3.63) is 23.8 Å². The monoisotopic (exact) mass is 206 g/mol. The van der Waals surface area contributed by atoms with Gasteiger partial charge in [-0.1, -0.05) is 39.7 Å². The first-order valence-corrected chi connectivity index (χ1v) is 5.31. The zero-order chi connectivity index (χ0) is 12.1. The van der Waals surface area contributed by atoms with Crippen LogP contribution in [0.1, 0.15) is 34.6 Å². The predicted octanol–water partition coefficient (Wildman–Crippen LogP) is 3.17. The van der Waals surface area contributed by atoms with Gasteiger partial charge >= 0.3 is 0 Å². The topological polar surface area (TPSA) is 20.2 Å². The van der Waals surface area contributed by atoms with Crippen molar-refractivity contribution < 1.29 is 5.11 Å². The van der Waals surface area contributed by atoms with Gasteiger partial charge in [0.15, 0.2) is 0 Å². The van der Waals surface area contributed by atoms with Gasteiger partial charge in [0.25, 0.3) is 0 Å². The molecule has 0 heterocycles. The van der Waals surface area contributed by atoms with Crippen LogP contribution in [-0.2, 0) is 0 Å². The van der Waals surface area contributed by atoms with Crippen molar-refractivity contribution in [1.29, 1.82) is 0 Å². The van der Waals surface area contributed by atoms with E-state index in [9.17, 15) is 5.11 Å². The molecule has 1 nitrogen and oxygen atoms in total. The van der Waals surface area contributed by atoms with Crippen LogP contribution in [0, 0.1) is 23.7 Å². The van der Waals surface area contributed by atoms with Crippen molar-refractivity contribution in [2.24, 2.45) is 11.3 Å². The van der Waals surface area contributed by atoms with E-state index in [2.05, 4.69) is 33.6 Å². The van der Waals surface area contributed by atoms with Gasteiger partial charge in [-0.25, -0.2) is 0 Å². The van der Waals surface area contributed by atoms with E-state index in [1.165, 1.54) is 0 Å². The number of rotatable bonds is 3. The largest absolute Gasteiger partial charge is 0.388 e. The molecule has 2 atom stereocenters. The highest BCUT2D eigenvalue weighted by Gasteiger charge is 2.27. The fourth-order valence-electron chi connectivity index (χ4n) is 1.27. The molecule has 0 saturated carbocycles. The normalized spacial score (nSPS) is 17.5. The lowest BCUT2D eigenvalue weighted by Gasteiger charge is -2.32. The quantitative estimate of drug-likeness (QED) is 0.555. The molecule has 0 amide bonds. The first kappa shape index (κ1) is 14.0. The average molecular weight is 206 g/mol. The molecule has 2 unspecified atom stereocenters. The summed E-state index contributed by atoms with van der Waals surface area (Å²) in [5.74, 6) is 2.62. The van der Waals surface area contributed by atoms with Gasteiger partial charge in [-0.15, -0.1) is 6.42 Å². The Morgan fingerprint density at radius 2 is 1.93 bits per heavy atom. The molecule has 1 heteroatoms. The number of aliphatic hydroxyl groups is 1. The first-order chi connectivity index (χ1) is 6.84. The molecule has 0 aromatic rings. The van der Waals surface area contributed by atoms with Crippen LogP contribution in [0.15, 0.2) is 23.8 Å². The number of hydrogen-bond acceptors (Lipinski definition) is 1. The number of hydrogen-bond donors (Lipinski definition) is 1. The second-order valence-electron chi connectivity index (χ2n) is 4.89. The standard InChI is InChI=1S/C14H22O/c1-7-9-10-12(8-2)13(15)11(3)14(4,5)6/h1,8-11,13,15H,2-6H3/b10-9-,12-8+. The van der Waals surface area contributed by atoms with E-state index < -0.39 is 6.10 Å². The Morgan fingerprint density at radius 1 is 1.40 bits per heavy atom. The van der Waals surface area contributed by atoms with E-state index in [1.807, 2.05) is 13.0 Å². The summed E-state index contributed by atoms with van der Waals surface area (Å²) in [5, 5.41) is 10.2. The maximum Gasteiger partial charge on any atom is 0.0817 e. The summed E-state index contributed by atoms with van der Waals surface area (Å²) in [6.07, 6.45) is 10.0. The third kappa shape index (κ3) is 4.36. The Bertz CT molecular complexity index is 283. The summed E-state index contributed by atoms with van der Waals surface area (Å²) in [5.41, 5.74) is 0.966. The third-order valence-electron chi connectivity index (χ3n) is 2.89. The highest BCUT2D eigenvalue weighted by molar-refractivity contribution is 5.28. The van der Waals surface area contributed by atoms with Crippen LogP contribution in [0.25, 0.3) is 0 Å². The van der Waals surface area contributed by atoms with Crippen LogP contribution in [0.5, 0.6) is 0 Å². The molecule has 0 aliphatic carbocycles. The lowest BCUT2D eigenvalue weighted by molar-refractivity contribution is 0.0833. The van der Waals surface area contributed by atoms with Gasteiger partial charge in [-0.05, 0) is 36.0 Å². The van der Waals surface area contributed by atoms with Crippen LogP contribution in [0.4, 0.5) is 0 Å². The van der Waals surface area contributed by atoms with E-state index in [0.717, 1.165) is 5.57 Å². The molecule has 0 saturated heterocycles. The second-order valence-corrected chi connectivity index (χ2v) is 4.89. The van der Waals surface area contributed by atoms with Gasteiger partial charge in [-0.3, -0.25) is 0 Å². The molecule has 0 aliphatic rings. The third-order valence-corrected chi connectivity index (χ3v) is 2.89. The summed E-state index contributed by atoms with van der Waals surface area (Å²) in [7, 11) is 0. The van der Waals surface area contributed by atoms with Gasteiger partial charge in [0.1, 0.15) is 0 Å². The Kier molecular flexibility index (Phi) is 5.39. The van der Waals surface area contributed by atoms with Crippen molar-refractivity contribution in [2.45, 2.75) is 40.7 Å². The zero-order valence-electron chi connectivity index (χ0n) is 10.4. The summed E-state index contributed by atoms with van der Waals surface area (Å²) in [6.45, 7) is 10.3. The average Bonchev–Trinajstić information content (AvgIpc) is 2.16. The lowest BCUT2D eigenvalue weighted by Crippen LogP contribution is -2.30. The highest BCUT2D eigenvalue weighted by atomic mass is 16.3. The molecule has 0 bridgehead atoms. The lowest BCUT2D eigenvalue weighted by atomic mass is 9.76. The summed E-state index contributed by atoms with van der Waals surface area (Å²) in [4.78, 5) is 0. The molecule has 0 aromatic heterocycles. The molecule has 84 valence electrons. The summed E-state index contributed by atoms with van der Waals surface area (Å²) < 4.78 is 0. The molecular formula is C14H22O. The number of terminal acetylenes is 1. The number of allylic oxidation sites excluding steroid dienone is 2. The summed E-state index contributed by atoms with van der Waals surface area (Å²) in [6, 6.07) is 0. The van der Waals surface area contributed by atoms with Crippen molar-refractivity contribution in [1.82, 2.24) is 0 Å². The predicted molar refractivity (Wildman–Crippen MR) is 66.4 cm³/mol. The van der Waals surface area contributed by atoms with Crippen molar-refractivity contribution in [3.8, 4) is 12.3 Å². The fourth-order valence-corrected chi connectivity index (χ4v) is 1.27. The van der Waals surface area contributed by atoms with E-state index >= 15 is 0 Å². The fraction of sp³-hybridized carbons (Fsp3) is 0.571. The smallest absolute Gasteiger partial charge is 0.0817 e. The molecule has 0 spiro atoms. The van der Waals surface area contributed by atoms with Crippen molar-refractivity contribution >= 4 is 0 Å². The number of aliphatic hydroxyl groups excluding tert-OH is 1. The minimum Gasteiger partial charge on any atom is -0.388 e. The Balaban J connectivity index is 4.77.